The molecule has 0 aliphatic carbocycles. The Morgan fingerprint density at radius 1 is 1.32 bits per heavy atom. The molecule has 4 heteroatoms. The number of fused-ring (bicyclic) bond motifs is 1. The molecule has 3 aromatic rings. The summed E-state index contributed by atoms with van der Waals surface area (Å²) < 4.78 is 13.2. The van der Waals surface area contributed by atoms with Gasteiger partial charge in [0.15, 0.2) is 5.78 Å². The number of pyridine rings is 1. The third kappa shape index (κ3) is 1.91. The number of nitrogens with one attached hydrogen (secondary N) is 1. The molecule has 0 amide bonds. The monoisotopic (exact) mass is 254 g/mol. The first-order chi connectivity index (χ1) is 9.16. The molecular weight excluding hydrogens is 243 g/mol. The second kappa shape index (κ2) is 4.31. The van der Waals surface area contributed by atoms with Gasteiger partial charge in [-0.15, -0.1) is 0 Å². The summed E-state index contributed by atoms with van der Waals surface area (Å²) in [4.78, 5) is 19.5. The molecule has 0 aliphatic heterocycles. The van der Waals surface area contributed by atoms with E-state index in [0.717, 1.165) is 5.39 Å². The highest BCUT2D eigenvalue weighted by molar-refractivity contribution is 6.15. The molecule has 0 unspecified atom stereocenters. The van der Waals surface area contributed by atoms with Crippen LogP contribution in [0, 0.1) is 12.7 Å². The standard InChI is InChI=1S/C15H11FN2O/c1-9-7-10(4-5-13(9)16)14(19)12-8-18-15-11(12)3-2-6-17-15/h2-8H,1H3,(H,17,18). The van der Waals surface area contributed by atoms with E-state index in [1.54, 1.807) is 31.5 Å². The Morgan fingerprint density at radius 3 is 2.95 bits per heavy atom. The molecular formula is C15H11FN2O. The second-order valence-corrected chi connectivity index (χ2v) is 4.40. The summed E-state index contributed by atoms with van der Waals surface area (Å²) >= 11 is 0. The number of rotatable bonds is 2. The number of hydrogen-bond donors (Lipinski definition) is 1. The number of benzene rings is 1. The van der Waals surface area contributed by atoms with Crippen molar-refractivity contribution in [2.45, 2.75) is 6.92 Å². The van der Waals surface area contributed by atoms with Crippen molar-refractivity contribution in [1.29, 1.82) is 0 Å². The maximum atomic E-state index is 13.2. The van der Waals surface area contributed by atoms with Crippen LogP contribution in [0.1, 0.15) is 21.5 Å². The molecule has 0 radical (unpaired) electrons. The van der Waals surface area contributed by atoms with Crippen LogP contribution in [0.2, 0.25) is 0 Å². The zero-order chi connectivity index (χ0) is 13.4. The number of carbonyl (C=O) groups is 1. The molecule has 0 atom stereocenters. The van der Waals surface area contributed by atoms with E-state index in [2.05, 4.69) is 9.97 Å². The van der Waals surface area contributed by atoms with E-state index in [9.17, 15) is 9.18 Å². The normalized spacial score (nSPS) is 10.8. The lowest BCUT2D eigenvalue weighted by molar-refractivity contribution is 0.104. The number of H-pyrrole nitrogens is 1. The first-order valence-electron chi connectivity index (χ1n) is 5.90. The number of nitrogens with zero attached hydrogens (tertiary/aromatic N) is 1. The van der Waals surface area contributed by atoms with Crippen LogP contribution < -0.4 is 0 Å². The molecule has 3 rings (SSSR count). The molecule has 0 aliphatic rings. The lowest BCUT2D eigenvalue weighted by atomic mass is 10.0. The van der Waals surface area contributed by atoms with Crippen molar-refractivity contribution in [2.75, 3.05) is 0 Å². The van der Waals surface area contributed by atoms with Crippen LogP contribution in [0.25, 0.3) is 11.0 Å². The number of carbonyl (C=O) groups excluding carboxylic acids is 1. The summed E-state index contributed by atoms with van der Waals surface area (Å²) in [7, 11) is 0. The molecule has 19 heavy (non-hydrogen) atoms. The Kier molecular flexibility index (Phi) is 2.63. The highest BCUT2D eigenvalue weighted by Crippen LogP contribution is 2.20. The van der Waals surface area contributed by atoms with Crippen LogP contribution in [-0.4, -0.2) is 15.8 Å². The molecule has 3 nitrogen and oxygen atoms in total. The Balaban J connectivity index is 2.11. The maximum absolute atomic E-state index is 13.2. The fraction of sp³-hybridized carbons (Fsp3) is 0.0667. The minimum absolute atomic E-state index is 0.137. The predicted molar refractivity (Wildman–Crippen MR) is 70.7 cm³/mol. The minimum Gasteiger partial charge on any atom is -0.345 e. The fourth-order valence-electron chi connectivity index (χ4n) is 2.09. The van der Waals surface area contributed by atoms with Gasteiger partial charge in [0, 0.05) is 28.9 Å². The minimum atomic E-state index is -0.308. The van der Waals surface area contributed by atoms with Crippen molar-refractivity contribution in [3.63, 3.8) is 0 Å². The van der Waals surface area contributed by atoms with Crippen molar-refractivity contribution in [3.8, 4) is 0 Å². The van der Waals surface area contributed by atoms with Gasteiger partial charge in [0.2, 0.25) is 0 Å². The molecule has 0 saturated heterocycles. The Labute approximate surface area is 109 Å². The molecule has 2 aromatic heterocycles. The number of aromatic amines is 1. The van der Waals surface area contributed by atoms with Gasteiger partial charge in [-0.25, -0.2) is 9.37 Å². The Hall–Kier alpha value is -2.49. The number of ketones is 1. The summed E-state index contributed by atoms with van der Waals surface area (Å²) in [6, 6.07) is 7.99. The van der Waals surface area contributed by atoms with Crippen molar-refractivity contribution in [3.05, 3.63) is 65.2 Å². The second-order valence-electron chi connectivity index (χ2n) is 4.40. The predicted octanol–water partition coefficient (Wildman–Crippen LogP) is 3.24. The van der Waals surface area contributed by atoms with E-state index < -0.39 is 0 Å². The fourth-order valence-corrected chi connectivity index (χ4v) is 2.09. The van der Waals surface area contributed by atoms with Gasteiger partial charge in [0.05, 0.1) is 0 Å². The largest absolute Gasteiger partial charge is 0.345 e. The van der Waals surface area contributed by atoms with Crippen LogP contribution in [-0.2, 0) is 0 Å². The van der Waals surface area contributed by atoms with Crippen molar-refractivity contribution in [2.24, 2.45) is 0 Å². The highest BCUT2D eigenvalue weighted by Gasteiger charge is 2.15. The molecule has 0 spiro atoms. The lowest BCUT2D eigenvalue weighted by Gasteiger charge is -2.02. The SMILES string of the molecule is Cc1cc(C(=O)c2c[nH]c3ncccc23)ccc1F. The molecule has 2 heterocycles. The summed E-state index contributed by atoms with van der Waals surface area (Å²) in [6.07, 6.45) is 3.30. The van der Waals surface area contributed by atoms with E-state index in [1.165, 1.54) is 12.1 Å². The van der Waals surface area contributed by atoms with Crippen molar-refractivity contribution >= 4 is 16.8 Å². The topological polar surface area (TPSA) is 45.8 Å². The van der Waals surface area contributed by atoms with Gasteiger partial charge >= 0.3 is 0 Å². The maximum Gasteiger partial charge on any atom is 0.195 e. The van der Waals surface area contributed by atoms with Gasteiger partial charge in [0.1, 0.15) is 11.5 Å². The summed E-state index contributed by atoms with van der Waals surface area (Å²) in [5.41, 5.74) is 2.16. The average Bonchev–Trinajstić information content (AvgIpc) is 2.85. The summed E-state index contributed by atoms with van der Waals surface area (Å²) in [5.74, 6) is -0.445. The van der Waals surface area contributed by atoms with Gasteiger partial charge in [-0.1, -0.05) is 0 Å². The third-order valence-corrected chi connectivity index (χ3v) is 3.12. The number of hydrogen-bond acceptors (Lipinski definition) is 2. The van der Waals surface area contributed by atoms with Crippen molar-refractivity contribution in [1.82, 2.24) is 9.97 Å². The van der Waals surface area contributed by atoms with Crippen LogP contribution in [0.4, 0.5) is 4.39 Å². The Bertz CT molecular complexity index is 777. The van der Waals surface area contributed by atoms with Crippen LogP contribution in [0.5, 0.6) is 0 Å². The Morgan fingerprint density at radius 2 is 2.16 bits per heavy atom. The first-order valence-corrected chi connectivity index (χ1v) is 5.90. The van der Waals surface area contributed by atoms with E-state index in [1.807, 2.05) is 6.07 Å². The molecule has 0 bridgehead atoms. The smallest absolute Gasteiger partial charge is 0.195 e. The van der Waals surface area contributed by atoms with Crippen LogP contribution in [0.3, 0.4) is 0 Å². The molecule has 1 N–H and O–H groups in total. The summed E-state index contributed by atoms with van der Waals surface area (Å²) in [6.45, 7) is 1.64. The third-order valence-electron chi connectivity index (χ3n) is 3.12. The van der Waals surface area contributed by atoms with E-state index >= 15 is 0 Å². The number of aryl methyl sites for hydroxylation is 1. The van der Waals surface area contributed by atoms with Crippen LogP contribution in [0.15, 0.2) is 42.7 Å². The average molecular weight is 254 g/mol. The molecule has 0 fully saturated rings. The molecule has 1 aromatic carbocycles. The van der Waals surface area contributed by atoms with E-state index in [-0.39, 0.29) is 11.6 Å². The quantitative estimate of drug-likeness (QED) is 0.713. The zero-order valence-electron chi connectivity index (χ0n) is 10.3. The van der Waals surface area contributed by atoms with Gasteiger partial charge in [0.25, 0.3) is 0 Å². The first kappa shape index (κ1) is 11.6. The van der Waals surface area contributed by atoms with Crippen LogP contribution >= 0.6 is 0 Å². The highest BCUT2D eigenvalue weighted by atomic mass is 19.1. The van der Waals surface area contributed by atoms with Gasteiger partial charge in [-0.05, 0) is 42.8 Å². The zero-order valence-corrected chi connectivity index (χ0v) is 10.3. The molecule has 94 valence electrons. The van der Waals surface area contributed by atoms with Gasteiger partial charge in [-0.2, -0.15) is 0 Å². The van der Waals surface area contributed by atoms with E-state index in [0.29, 0.717) is 22.3 Å². The number of aromatic nitrogens is 2. The van der Waals surface area contributed by atoms with E-state index in [4.69, 9.17) is 0 Å². The summed E-state index contributed by atoms with van der Waals surface area (Å²) in [5, 5.41) is 0.773. The number of halogens is 1. The molecule has 0 saturated carbocycles. The van der Waals surface area contributed by atoms with Crippen molar-refractivity contribution < 1.29 is 9.18 Å². The lowest BCUT2D eigenvalue weighted by Crippen LogP contribution is -2.01. The van der Waals surface area contributed by atoms with Gasteiger partial charge in [-0.3, -0.25) is 4.79 Å². The van der Waals surface area contributed by atoms with Gasteiger partial charge < -0.3 is 4.98 Å².